The van der Waals surface area contributed by atoms with E-state index in [1.165, 1.54) is 32.4 Å². The normalized spacial score (nSPS) is 10.7. The van der Waals surface area contributed by atoms with E-state index in [0.717, 1.165) is 0 Å². The summed E-state index contributed by atoms with van der Waals surface area (Å²) in [6.07, 6.45) is 0. The second-order valence-electron chi connectivity index (χ2n) is 5.40. The zero-order valence-corrected chi connectivity index (χ0v) is 13.9. The second-order valence-corrected chi connectivity index (χ2v) is 5.40. The molecule has 0 fully saturated rings. The predicted octanol–water partition coefficient (Wildman–Crippen LogP) is 3.69. The van der Waals surface area contributed by atoms with Crippen molar-refractivity contribution in [2.24, 2.45) is 0 Å². The number of benzene rings is 2. The molecule has 25 heavy (non-hydrogen) atoms. The third-order valence-electron chi connectivity index (χ3n) is 4.00. The van der Waals surface area contributed by atoms with Gasteiger partial charge in [0.05, 0.1) is 30.1 Å². The highest BCUT2D eigenvalue weighted by molar-refractivity contribution is 5.92. The first kappa shape index (κ1) is 16.5. The standard InChI is InChI=1S/C18H15NO6/c1-10-16(11-5-4-6-12(7-11)19(21)22)18(20)25-15-9-13(23-2)8-14(24-3)17(10)15/h4-9H,1-3H3. The maximum absolute atomic E-state index is 12.5. The summed E-state index contributed by atoms with van der Waals surface area (Å²) in [4.78, 5) is 23.0. The fourth-order valence-corrected chi connectivity index (χ4v) is 2.83. The monoisotopic (exact) mass is 341 g/mol. The van der Waals surface area contributed by atoms with Gasteiger partial charge in [0.25, 0.3) is 5.69 Å². The molecule has 1 heterocycles. The molecular formula is C18H15NO6. The fraction of sp³-hybridized carbons (Fsp3) is 0.167. The number of nitro benzene ring substituents is 1. The van der Waals surface area contributed by atoms with Crippen LogP contribution in [0.5, 0.6) is 11.5 Å². The van der Waals surface area contributed by atoms with Gasteiger partial charge < -0.3 is 13.9 Å². The molecule has 0 aliphatic heterocycles. The highest BCUT2D eigenvalue weighted by atomic mass is 16.6. The Morgan fingerprint density at radius 1 is 1.12 bits per heavy atom. The van der Waals surface area contributed by atoms with E-state index in [1.807, 2.05) is 0 Å². The molecule has 0 saturated heterocycles. The Morgan fingerprint density at radius 2 is 1.88 bits per heavy atom. The Hall–Kier alpha value is -3.35. The van der Waals surface area contributed by atoms with Crippen molar-refractivity contribution < 1.29 is 18.8 Å². The number of methoxy groups -OCH3 is 2. The number of rotatable bonds is 4. The minimum absolute atomic E-state index is 0.0990. The van der Waals surface area contributed by atoms with Crippen molar-refractivity contribution in [1.82, 2.24) is 0 Å². The number of aryl methyl sites for hydroxylation is 1. The van der Waals surface area contributed by atoms with Gasteiger partial charge in [0.2, 0.25) is 0 Å². The van der Waals surface area contributed by atoms with Crippen LogP contribution >= 0.6 is 0 Å². The molecule has 0 aliphatic rings. The predicted molar refractivity (Wildman–Crippen MR) is 92.4 cm³/mol. The van der Waals surface area contributed by atoms with Crippen molar-refractivity contribution >= 4 is 16.7 Å². The van der Waals surface area contributed by atoms with Gasteiger partial charge in [0.15, 0.2) is 0 Å². The van der Waals surface area contributed by atoms with E-state index in [0.29, 0.717) is 33.6 Å². The lowest BCUT2D eigenvalue weighted by Crippen LogP contribution is -2.07. The molecule has 1 aromatic heterocycles. The highest BCUT2D eigenvalue weighted by Gasteiger charge is 2.19. The van der Waals surface area contributed by atoms with Gasteiger partial charge in [-0.3, -0.25) is 10.1 Å². The number of non-ortho nitro benzene ring substituents is 1. The van der Waals surface area contributed by atoms with Crippen LogP contribution in [0.1, 0.15) is 5.56 Å². The van der Waals surface area contributed by atoms with Crippen LogP contribution in [-0.4, -0.2) is 19.1 Å². The molecular weight excluding hydrogens is 326 g/mol. The molecule has 0 N–H and O–H groups in total. The van der Waals surface area contributed by atoms with Crippen LogP contribution in [0.2, 0.25) is 0 Å². The molecule has 7 nitrogen and oxygen atoms in total. The van der Waals surface area contributed by atoms with E-state index in [1.54, 1.807) is 25.1 Å². The SMILES string of the molecule is COc1cc(OC)c2c(C)c(-c3cccc([N+](=O)[O-])c3)c(=O)oc2c1. The number of nitro groups is 1. The molecule has 3 aromatic rings. The largest absolute Gasteiger partial charge is 0.496 e. The molecule has 0 bridgehead atoms. The first-order valence-electron chi connectivity index (χ1n) is 7.40. The highest BCUT2D eigenvalue weighted by Crippen LogP contribution is 2.36. The molecule has 0 atom stereocenters. The number of nitrogens with zero attached hydrogens (tertiary/aromatic N) is 1. The van der Waals surface area contributed by atoms with Gasteiger partial charge in [-0.1, -0.05) is 12.1 Å². The lowest BCUT2D eigenvalue weighted by Gasteiger charge is -2.12. The van der Waals surface area contributed by atoms with Crippen LogP contribution in [0.15, 0.2) is 45.6 Å². The Morgan fingerprint density at radius 3 is 2.52 bits per heavy atom. The third kappa shape index (κ3) is 2.80. The molecule has 0 amide bonds. The summed E-state index contributed by atoms with van der Waals surface area (Å²) in [5.74, 6) is 0.984. The van der Waals surface area contributed by atoms with Crippen LogP contribution in [-0.2, 0) is 0 Å². The maximum Gasteiger partial charge on any atom is 0.344 e. The van der Waals surface area contributed by atoms with Crippen molar-refractivity contribution in [2.75, 3.05) is 14.2 Å². The number of fused-ring (bicyclic) bond motifs is 1. The summed E-state index contributed by atoms with van der Waals surface area (Å²) in [5, 5.41) is 11.6. The average molecular weight is 341 g/mol. The minimum atomic E-state index is -0.583. The Labute approximate surface area is 142 Å². The van der Waals surface area contributed by atoms with Gasteiger partial charge in [-0.05, 0) is 18.1 Å². The van der Waals surface area contributed by atoms with Crippen molar-refractivity contribution in [1.29, 1.82) is 0 Å². The molecule has 3 rings (SSSR count). The smallest absolute Gasteiger partial charge is 0.344 e. The second kappa shape index (κ2) is 6.27. The summed E-state index contributed by atoms with van der Waals surface area (Å²) < 4.78 is 16.0. The van der Waals surface area contributed by atoms with E-state index in [-0.39, 0.29) is 11.3 Å². The van der Waals surface area contributed by atoms with Crippen molar-refractivity contribution in [3.8, 4) is 22.6 Å². The number of hydrogen-bond donors (Lipinski definition) is 0. The van der Waals surface area contributed by atoms with Crippen LogP contribution in [0.25, 0.3) is 22.1 Å². The molecule has 0 aliphatic carbocycles. The van der Waals surface area contributed by atoms with Crippen molar-refractivity contribution in [3.05, 3.63) is 62.5 Å². The zero-order valence-electron chi connectivity index (χ0n) is 13.9. The average Bonchev–Trinajstić information content (AvgIpc) is 2.60. The first-order chi connectivity index (χ1) is 12.0. The fourth-order valence-electron chi connectivity index (χ4n) is 2.83. The summed E-state index contributed by atoms with van der Waals surface area (Å²) in [5.41, 5.74) is 0.943. The number of hydrogen-bond acceptors (Lipinski definition) is 6. The van der Waals surface area contributed by atoms with Gasteiger partial charge in [0, 0.05) is 24.3 Å². The van der Waals surface area contributed by atoms with E-state index in [9.17, 15) is 14.9 Å². The van der Waals surface area contributed by atoms with Gasteiger partial charge in [0.1, 0.15) is 17.1 Å². The van der Waals surface area contributed by atoms with Gasteiger partial charge >= 0.3 is 5.63 Å². The molecule has 2 aromatic carbocycles. The molecule has 7 heteroatoms. The van der Waals surface area contributed by atoms with E-state index in [2.05, 4.69) is 0 Å². The Kier molecular flexibility index (Phi) is 4.14. The van der Waals surface area contributed by atoms with Gasteiger partial charge in [-0.15, -0.1) is 0 Å². The van der Waals surface area contributed by atoms with E-state index >= 15 is 0 Å². The van der Waals surface area contributed by atoms with E-state index < -0.39 is 10.5 Å². The summed E-state index contributed by atoms with van der Waals surface area (Å²) >= 11 is 0. The van der Waals surface area contributed by atoms with Crippen LogP contribution < -0.4 is 15.1 Å². The molecule has 0 spiro atoms. The summed E-state index contributed by atoms with van der Waals surface area (Å²) in [7, 11) is 3.01. The minimum Gasteiger partial charge on any atom is -0.496 e. The molecule has 0 radical (unpaired) electrons. The molecule has 0 saturated carbocycles. The van der Waals surface area contributed by atoms with E-state index in [4.69, 9.17) is 13.9 Å². The first-order valence-corrected chi connectivity index (χ1v) is 7.40. The van der Waals surface area contributed by atoms with Crippen LogP contribution in [0.4, 0.5) is 5.69 Å². The maximum atomic E-state index is 12.5. The quantitative estimate of drug-likeness (QED) is 0.408. The topological polar surface area (TPSA) is 91.8 Å². The lowest BCUT2D eigenvalue weighted by molar-refractivity contribution is -0.384. The third-order valence-corrected chi connectivity index (χ3v) is 4.00. The van der Waals surface area contributed by atoms with Crippen LogP contribution in [0, 0.1) is 17.0 Å². The zero-order chi connectivity index (χ0) is 18.1. The Bertz CT molecular complexity index is 1040. The molecule has 0 unspecified atom stereocenters. The van der Waals surface area contributed by atoms with Gasteiger partial charge in [-0.2, -0.15) is 0 Å². The summed E-state index contributed by atoms with van der Waals surface area (Å²) in [6.45, 7) is 1.75. The van der Waals surface area contributed by atoms with Crippen molar-refractivity contribution in [2.45, 2.75) is 6.92 Å². The molecule has 128 valence electrons. The Balaban J connectivity index is 2.36. The van der Waals surface area contributed by atoms with Crippen molar-refractivity contribution in [3.63, 3.8) is 0 Å². The van der Waals surface area contributed by atoms with Gasteiger partial charge in [-0.25, -0.2) is 4.79 Å². The number of ether oxygens (including phenoxy) is 2. The van der Waals surface area contributed by atoms with Crippen LogP contribution in [0.3, 0.4) is 0 Å². The lowest BCUT2D eigenvalue weighted by atomic mass is 9.98. The summed E-state index contributed by atoms with van der Waals surface area (Å²) in [6, 6.07) is 9.17.